The number of nitrogens with zero attached hydrogens (tertiary/aromatic N) is 2. The van der Waals surface area contributed by atoms with Gasteiger partial charge in [-0.15, -0.1) is 0 Å². The topological polar surface area (TPSA) is 59.0 Å². The third-order valence-corrected chi connectivity index (χ3v) is 7.88. The van der Waals surface area contributed by atoms with E-state index in [9.17, 15) is 9.59 Å². The van der Waals surface area contributed by atoms with E-state index in [-0.39, 0.29) is 23.7 Å². The summed E-state index contributed by atoms with van der Waals surface area (Å²) in [6.07, 6.45) is 1.59. The summed E-state index contributed by atoms with van der Waals surface area (Å²) in [4.78, 5) is 27.5. The molecule has 0 saturated carbocycles. The lowest BCUT2D eigenvalue weighted by Crippen LogP contribution is -2.41. The van der Waals surface area contributed by atoms with Crippen LogP contribution in [0.4, 0.5) is 0 Å². The number of ether oxygens (including phenoxy) is 1. The van der Waals surface area contributed by atoms with Gasteiger partial charge in [0.25, 0.3) is 11.8 Å². The quantitative estimate of drug-likeness (QED) is 0.318. The van der Waals surface area contributed by atoms with E-state index in [1.807, 2.05) is 60.7 Å². The highest BCUT2D eigenvalue weighted by molar-refractivity contribution is 6.09. The van der Waals surface area contributed by atoms with Crippen molar-refractivity contribution in [2.24, 2.45) is 16.9 Å². The van der Waals surface area contributed by atoms with Crippen LogP contribution in [0.25, 0.3) is 10.8 Å². The molecule has 4 aromatic rings. The van der Waals surface area contributed by atoms with Crippen LogP contribution >= 0.6 is 0 Å². The SMILES string of the molecule is COc1ccc2ccccc2c1/C=N\N1C(=O)[C@H]2C3c4ccccc4C(c4ccccc43)[C@@H]2C1=O. The van der Waals surface area contributed by atoms with Crippen LogP contribution in [0.5, 0.6) is 5.75 Å². The monoisotopic (exact) mass is 458 g/mol. The van der Waals surface area contributed by atoms with Crippen molar-refractivity contribution in [2.45, 2.75) is 11.8 Å². The predicted molar refractivity (Wildman–Crippen MR) is 133 cm³/mol. The normalized spacial score (nSPS) is 24.1. The van der Waals surface area contributed by atoms with Crippen LogP contribution in [0, 0.1) is 11.8 Å². The van der Waals surface area contributed by atoms with Crippen molar-refractivity contribution in [3.63, 3.8) is 0 Å². The van der Waals surface area contributed by atoms with Crippen LogP contribution < -0.4 is 4.74 Å². The maximum absolute atomic E-state index is 13.8. The summed E-state index contributed by atoms with van der Waals surface area (Å²) in [6, 6.07) is 28.2. The first-order valence-corrected chi connectivity index (χ1v) is 11.8. The standard InChI is InChI=1S/C30H22N2O3/c1-35-24-15-14-17-8-2-3-9-18(17)23(24)16-31-32-29(33)27-25-19-10-4-5-11-20(19)26(28(27)30(32)34)22-13-7-6-12-21(22)25/h2-16,25-28H,1H3/b31-16-/t25?,26?,27-,28-/m0/s1. The first-order valence-electron chi connectivity index (χ1n) is 11.8. The van der Waals surface area contributed by atoms with Gasteiger partial charge in [0, 0.05) is 17.4 Å². The minimum atomic E-state index is -0.441. The molecule has 0 N–H and O–H groups in total. The van der Waals surface area contributed by atoms with Gasteiger partial charge in [-0.1, -0.05) is 78.9 Å². The molecule has 1 fully saturated rings. The van der Waals surface area contributed by atoms with Gasteiger partial charge in [0.2, 0.25) is 0 Å². The van der Waals surface area contributed by atoms with E-state index in [0.717, 1.165) is 43.6 Å². The molecule has 4 aromatic carbocycles. The molecule has 5 heteroatoms. The highest BCUT2D eigenvalue weighted by atomic mass is 16.5. The highest BCUT2D eigenvalue weighted by Crippen LogP contribution is 2.60. The number of carbonyl (C=O) groups is 2. The van der Waals surface area contributed by atoms with Crippen LogP contribution in [0.15, 0.2) is 90.0 Å². The zero-order valence-electron chi connectivity index (χ0n) is 19.1. The average Bonchev–Trinajstić information content (AvgIpc) is 3.17. The number of amides is 2. The first kappa shape index (κ1) is 20.2. The van der Waals surface area contributed by atoms with Crippen molar-refractivity contribution in [1.29, 1.82) is 0 Å². The Balaban J connectivity index is 1.34. The molecule has 1 saturated heterocycles. The number of fused-ring (bicyclic) bond motifs is 1. The predicted octanol–water partition coefficient (Wildman–Crippen LogP) is 5.07. The molecule has 2 amide bonds. The minimum absolute atomic E-state index is 0.138. The third-order valence-electron chi connectivity index (χ3n) is 7.88. The summed E-state index contributed by atoms with van der Waals surface area (Å²) >= 11 is 0. The Morgan fingerprint density at radius 3 is 1.77 bits per heavy atom. The number of hydrogen-bond donors (Lipinski definition) is 0. The molecule has 0 aromatic heterocycles. The first-order chi connectivity index (χ1) is 17.2. The van der Waals surface area contributed by atoms with Crippen LogP contribution in [0.1, 0.15) is 39.7 Å². The highest BCUT2D eigenvalue weighted by Gasteiger charge is 2.61. The third kappa shape index (κ3) is 2.66. The molecular formula is C30H22N2O3. The van der Waals surface area contributed by atoms with Gasteiger partial charge in [-0.3, -0.25) is 9.59 Å². The molecular weight excluding hydrogens is 436 g/mol. The Labute approximate surface area is 202 Å². The van der Waals surface area contributed by atoms with Crippen LogP contribution in [0.3, 0.4) is 0 Å². The second-order valence-electron chi connectivity index (χ2n) is 9.40. The minimum Gasteiger partial charge on any atom is -0.496 e. The molecule has 2 bridgehead atoms. The Morgan fingerprint density at radius 2 is 1.23 bits per heavy atom. The van der Waals surface area contributed by atoms with Gasteiger partial charge in [-0.25, -0.2) is 0 Å². The number of hydrogen-bond acceptors (Lipinski definition) is 4. The van der Waals surface area contributed by atoms with E-state index in [4.69, 9.17) is 4.74 Å². The molecule has 3 aliphatic carbocycles. The molecule has 170 valence electrons. The molecule has 4 aliphatic rings. The summed E-state index contributed by atoms with van der Waals surface area (Å²) in [5.41, 5.74) is 5.36. The van der Waals surface area contributed by atoms with Gasteiger partial charge in [0.15, 0.2) is 0 Å². The van der Waals surface area contributed by atoms with Crippen LogP contribution in [0.2, 0.25) is 0 Å². The zero-order valence-corrected chi connectivity index (χ0v) is 19.1. The molecule has 0 radical (unpaired) electrons. The Bertz CT molecular complexity index is 1460. The fraction of sp³-hybridized carbons (Fsp3) is 0.167. The average molecular weight is 459 g/mol. The second kappa shape index (κ2) is 7.37. The van der Waals surface area contributed by atoms with E-state index in [1.165, 1.54) is 0 Å². The summed E-state index contributed by atoms with van der Waals surface area (Å²) in [5.74, 6) is -0.970. The van der Waals surface area contributed by atoms with Crippen molar-refractivity contribution in [3.8, 4) is 5.75 Å². The second-order valence-corrected chi connectivity index (χ2v) is 9.40. The number of hydrazone groups is 1. The van der Waals surface area contributed by atoms with Gasteiger partial charge in [-0.05, 0) is 39.1 Å². The van der Waals surface area contributed by atoms with Gasteiger partial charge in [0.05, 0.1) is 25.2 Å². The Kier molecular flexibility index (Phi) is 4.25. The van der Waals surface area contributed by atoms with Crippen molar-refractivity contribution < 1.29 is 14.3 Å². The maximum Gasteiger partial charge on any atom is 0.254 e. The molecule has 35 heavy (non-hydrogen) atoms. The van der Waals surface area contributed by atoms with Crippen molar-refractivity contribution in [2.75, 3.05) is 7.11 Å². The van der Waals surface area contributed by atoms with E-state index in [2.05, 4.69) is 29.4 Å². The lowest BCUT2D eigenvalue weighted by Gasteiger charge is -2.45. The Hall–Kier alpha value is -4.25. The number of imide groups is 1. The molecule has 2 atom stereocenters. The fourth-order valence-corrected chi connectivity index (χ4v) is 6.48. The number of rotatable bonds is 3. The Morgan fingerprint density at radius 1 is 0.714 bits per heavy atom. The van der Waals surface area contributed by atoms with E-state index in [0.29, 0.717) is 5.75 Å². The van der Waals surface area contributed by atoms with Gasteiger partial charge in [0.1, 0.15) is 5.75 Å². The number of carbonyl (C=O) groups excluding carboxylic acids is 2. The maximum atomic E-state index is 13.8. The van der Waals surface area contributed by atoms with E-state index >= 15 is 0 Å². The number of benzene rings is 4. The van der Waals surface area contributed by atoms with Crippen molar-refractivity contribution >= 4 is 28.8 Å². The van der Waals surface area contributed by atoms with E-state index < -0.39 is 11.8 Å². The molecule has 5 nitrogen and oxygen atoms in total. The smallest absolute Gasteiger partial charge is 0.254 e. The molecule has 1 aliphatic heterocycles. The van der Waals surface area contributed by atoms with Gasteiger partial charge >= 0.3 is 0 Å². The van der Waals surface area contributed by atoms with Crippen LogP contribution in [-0.2, 0) is 9.59 Å². The molecule has 1 heterocycles. The van der Waals surface area contributed by atoms with Crippen LogP contribution in [-0.4, -0.2) is 30.1 Å². The summed E-state index contributed by atoms with van der Waals surface area (Å²) < 4.78 is 5.57. The van der Waals surface area contributed by atoms with Crippen molar-refractivity contribution in [1.82, 2.24) is 5.01 Å². The van der Waals surface area contributed by atoms with Gasteiger partial charge in [-0.2, -0.15) is 10.1 Å². The molecule has 0 spiro atoms. The lowest BCUT2D eigenvalue weighted by molar-refractivity contribution is -0.139. The van der Waals surface area contributed by atoms with Gasteiger partial charge < -0.3 is 4.74 Å². The molecule has 0 unspecified atom stereocenters. The fourth-order valence-electron chi connectivity index (χ4n) is 6.48. The van der Waals surface area contributed by atoms with E-state index in [1.54, 1.807) is 13.3 Å². The largest absolute Gasteiger partial charge is 0.496 e. The lowest BCUT2D eigenvalue weighted by atomic mass is 9.55. The summed E-state index contributed by atoms with van der Waals surface area (Å²) in [6.45, 7) is 0. The summed E-state index contributed by atoms with van der Waals surface area (Å²) in [7, 11) is 1.61. The summed E-state index contributed by atoms with van der Waals surface area (Å²) in [5, 5.41) is 7.58. The molecule has 8 rings (SSSR count). The zero-order chi connectivity index (χ0) is 23.7. The van der Waals surface area contributed by atoms with Crippen molar-refractivity contribution in [3.05, 3.63) is 113 Å². The number of methoxy groups -OCH3 is 1.